The molecule has 0 aromatic rings. The van der Waals surface area contributed by atoms with Gasteiger partial charge in [0.15, 0.2) is 6.10 Å². The Labute approximate surface area is 518 Å². The standard InChI is InChI=1S/C77H144O6/c1-4-7-10-13-16-19-22-25-28-30-32-34-36-38-40-41-43-45-47-49-52-55-58-61-64-67-70-76(79)82-73-74(72-81-75(78)69-66-63-60-57-54-51-27-24-21-18-15-12-9-6-3)83-77(80)71-68-65-62-59-56-53-50-48-46-44-42-39-37-35-33-31-29-26-23-20-17-14-11-8-5-2/h23-24,26-27,31,33,74H,4-22,25,28-30,32,34-73H2,1-3H3/b26-23-,27-24-,33-31-. The molecule has 83 heavy (non-hydrogen) atoms. The molecular weight excluding hydrogens is 1020 g/mol. The second-order valence-corrected chi connectivity index (χ2v) is 25.6. The molecule has 0 rings (SSSR count). The van der Waals surface area contributed by atoms with E-state index in [1.165, 1.54) is 308 Å². The van der Waals surface area contributed by atoms with Crippen LogP contribution in [-0.4, -0.2) is 37.2 Å². The van der Waals surface area contributed by atoms with E-state index in [1.54, 1.807) is 0 Å². The molecule has 1 atom stereocenters. The third-order valence-corrected chi connectivity index (χ3v) is 17.1. The van der Waals surface area contributed by atoms with Crippen LogP contribution in [0.1, 0.15) is 419 Å². The van der Waals surface area contributed by atoms with Crippen molar-refractivity contribution in [3.63, 3.8) is 0 Å². The van der Waals surface area contributed by atoms with Gasteiger partial charge in [0.2, 0.25) is 0 Å². The molecule has 0 radical (unpaired) electrons. The van der Waals surface area contributed by atoms with E-state index in [4.69, 9.17) is 14.2 Å². The molecule has 6 nitrogen and oxygen atoms in total. The monoisotopic (exact) mass is 1170 g/mol. The first kappa shape index (κ1) is 80.6. The van der Waals surface area contributed by atoms with Crippen LogP contribution in [-0.2, 0) is 28.6 Å². The summed E-state index contributed by atoms with van der Waals surface area (Å²) in [5, 5.41) is 0. The van der Waals surface area contributed by atoms with Gasteiger partial charge in [0.05, 0.1) is 0 Å². The van der Waals surface area contributed by atoms with Crippen LogP contribution in [0.2, 0.25) is 0 Å². The third kappa shape index (κ3) is 70.3. The van der Waals surface area contributed by atoms with Gasteiger partial charge < -0.3 is 14.2 Å². The molecule has 0 N–H and O–H groups in total. The fraction of sp³-hybridized carbons (Fsp3) is 0.883. The van der Waals surface area contributed by atoms with Crippen molar-refractivity contribution in [1.29, 1.82) is 0 Å². The minimum atomic E-state index is -0.775. The normalized spacial score (nSPS) is 12.2. The van der Waals surface area contributed by atoms with E-state index >= 15 is 0 Å². The van der Waals surface area contributed by atoms with Crippen molar-refractivity contribution in [3.05, 3.63) is 36.5 Å². The van der Waals surface area contributed by atoms with E-state index in [9.17, 15) is 14.4 Å². The summed E-state index contributed by atoms with van der Waals surface area (Å²) in [6.07, 6.45) is 90.5. The van der Waals surface area contributed by atoms with Crippen LogP contribution in [0.25, 0.3) is 0 Å². The quantitative estimate of drug-likeness (QED) is 0.0261. The Hall–Kier alpha value is -2.37. The number of esters is 3. The molecule has 0 aliphatic heterocycles. The van der Waals surface area contributed by atoms with E-state index < -0.39 is 6.10 Å². The molecule has 0 aromatic heterocycles. The summed E-state index contributed by atoms with van der Waals surface area (Å²) in [6.45, 7) is 6.70. The van der Waals surface area contributed by atoms with E-state index in [0.717, 1.165) is 70.6 Å². The summed E-state index contributed by atoms with van der Waals surface area (Å²) >= 11 is 0. The van der Waals surface area contributed by atoms with Crippen molar-refractivity contribution in [2.45, 2.75) is 425 Å². The Morgan fingerprint density at radius 2 is 0.434 bits per heavy atom. The summed E-state index contributed by atoms with van der Waals surface area (Å²) in [5.74, 6) is -0.848. The second-order valence-electron chi connectivity index (χ2n) is 25.6. The number of hydrogen-bond acceptors (Lipinski definition) is 6. The average Bonchev–Trinajstić information content (AvgIpc) is 3.49. The zero-order chi connectivity index (χ0) is 59.9. The zero-order valence-corrected chi connectivity index (χ0v) is 56.2. The first-order valence-electron chi connectivity index (χ1n) is 37.5. The van der Waals surface area contributed by atoms with Gasteiger partial charge in [-0.25, -0.2) is 0 Å². The lowest BCUT2D eigenvalue weighted by molar-refractivity contribution is -0.167. The van der Waals surface area contributed by atoms with Crippen molar-refractivity contribution in [2.75, 3.05) is 13.2 Å². The van der Waals surface area contributed by atoms with Gasteiger partial charge in [-0.05, 0) is 77.0 Å². The van der Waals surface area contributed by atoms with Crippen LogP contribution < -0.4 is 0 Å². The number of hydrogen-bond donors (Lipinski definition) is 0. The predicted octanol–water partition coefficient (Wildman–Crippen LogP) is 25.9. The van der Waals surface area contributed by atoms with Gasteiger partial charge in [0, 0.05) is 19.3 Å². The zero-order valence-electron chi connectivity index (χ0n) is 56.2. The molecule has 0 amide bonds. The highest BCUT2D eigenvalue weighted by atomic mass is 16.6. The number of ether oxygens (including phenoxy) is 3. The van der Waals surface area contributed by atoms with E-state index in [1.807, 2.05) is 0 Å². The van der Waals surface area contributed by atoms with Crippen LogP contribution in [0.15, 0.2) is 36.5 Å². The highest BCUT2D eigenvalue weighted by molar-refractivity contribution is 5.71. The number of unbranched alkanes of at least 4 members (excludes halogenated alkanes) is 53. The topological polar surface area (TPSA) is 78.9 Å². The van der Waals surface area contributed by atoms with Crippen LogP contribution in [0, 0.1) is 0 Å². The molecule has 0 saturated heterocycles. The Balaban J connectivity index is 4.22. The Morgan fingerprint density at radius 3 is 0.675 bits per heavy atom. The molecule has 1 unspecified atom stereocenters. The fourth-order valence-electron chi connectivity index (χ4n) is 11.5. The molecular formula is C77H144O6. The van der Waals surface area contributed by atoms with Crippen molar-refractivity contribution >= 4 is 17.9 Å². The summed E-state index contributed by atoms with van der Waals surface area (Å²) in [7, 11) is 0. The first-order valence-corrected chi connectivity index (χ1v) is 37.5. The van der Waals surface area contributed by atoms with E-state index in [0.29, 0.717) is 19.3 Å². The van der Waals surface area contributed by atoms with Gasteiger partial charge in [-0.15, -0.1) is 0 Å². The minimum Gasteiger partial charge on any atom is -0.462 e. The lowest BCUT2D eigenvalue weighted by atomic mass is 10.0. The highest BCUT2D eigenvalue weighted by Crippen LogP contribution is 2.19. The van der Waals surface area contributed by atoms with Crippen molar-refractivity contribution in [3.8, 4) is 0 Å². The van der Waals surface area contributed by atoms with Gasteiger partial charge in [-0.2, -0.15) is 0 Å². The average molecular weight is 1170 g/mol. The third-order valence-electron chi connectivity index (χ3n) is 17.1. The molecule has 0 spiro atoms. The predicted molar refractivity (Wildman–Crippen MR) is 362 cm³/mol. The Bertz CT molecular complexity index is 1380. The molecule has 488 valence electrons. The maximum absolute atomic E-state index is 13.0. The summed E-state index contributed by atoms with van der Waals surface area (Å²) in [4.78, 5) is 38.5. The Morgan fingerprint density at radius 1 is 0.241 bits per heavy atom. The molecule has 0 saturated carbocycles. The highest BCUT2D eigenvalue weighted by Gasteiger charge is 2.20. The smallest absolute Gasteiger partial charge is 0.306 e. The van der Waals surface area contributed by atoms with Gasteiger partial charge in [-0.1, -0.05) is 359 Å². The summed E-state index contributed by atoms with van der Waals surface area (Å²) < 4.78 is 17.0. The number of carbonyl (C=O) groups is 3. The minimum absolute atomic E-state index is 0.0696. The fourth-order valence-corrected chi connectivity index (χ4v) is 11.5. The van der Waals surface area contributed by atoms with Crippen molar-refractivity contribution in [1.82, 2.24) is 0 Å². The second kappa shape index (κ2) is 72.1. The SMILES string of the molecule is CCCCCCC/C=C\C/C=C\CCCCCCCCCCCCCCCC(=O)OC(COC(=O)CCCCCCC/C=C\CCCCCCC)COC(=O)CCCCCCCCCCCCCCCCCCCCCCCCCCCC. The van der Waals surface area contributed by atoms with E-state index in [-0.39, 0.29) is 31.1 Å². The lowest BCUT2D eigenvalue weighted by Gasteiger charge is -2.18. The molecule has 0 aliphatic carbocycles. The van der Waals surface area contributed by atoms with Crippen LogP contribution in [0.3, 0.4) is 0 Å². The molecule has 0 aliphatic rings. The summed E-state index contributed by atoms with van der Waals surface area (Å²) in [6, 6.07) is 0. The first-order chi connectivity index (χ1) is 41.0. The van der Waals surface area contributed by atoms with Crippen LogP contribution >= 0.6 is 0 Å². The number of rotatable bonds is 70. The van der Waals surface area contributed by atoms with Gasteiger partial charge >= 0.3 is 17.9 Å². The van der Waals surface area contributed by atoms with Crippen molar-refractivity contribution < 1.29 is 28.6 Å². The molecule has 0 aromatic carbocycles. The van der Waals surface area contributed by atoms with Crippen LogP contribution in [0.4, 0.5) is 0 Å². The molecule has 6 heteroatoms. The van der Waals surface area contributed by atoms with Gasteiger partial charge in [0.25, 0.3) is 0 Å². The molecule has 0 bridgehead atoms. The summed E-state index contributed by atoms with van der Waals surface area (Å²) in [5.41, 5.74) is 0. The number of carbonyl (C=O) groups excluding carboxylic acids is 3. The Kier molecular flexibility index (Phi) is 70.0. The lowest BCUT2D eigenvalue weighted by Crippen LogP contribution is -2.30. The van der Waals surface area contributed by atoms with Gasteiger partial charge in [-0.3, -0.25) is 14.4 Å². The van der Waals surface area contributed by atoms with Gasteiger partial charge in [0.1, 0.15) is 13.2 Å². The van der Waals surface area contributed by atoms with E-state index in [2.05, 4.69) is 57.2 Å². The molecule has 0 fully saturated rings. The number of allylic oxidation sites excluding steroid dienone is 6. The maximum Gasteiger partial charge on any atom is 0.306 e. The van der Waals surface area contributed by atoms with Crippen LogP contribution in [0.5, 0.6) is 0 Å². The maximum atomic E-state index is 13.0. The largest absolute Gasteiger partial charge is 0.462 e. The van der Waals surface area contributed by atoms with Crippen molar-refractivity contribution in [2.24, 2.45) is 0 Å². The molecule has 0 heterocycles.